The molecule has 3 rings (SSSR count). The first kappa shape index (κ1) is 13.8. The predicted molar refractivity (Wildman–Crippen MR) is 78.2 cm³/mol. The van der Waals surface area contributed by atoms with E-state index in [9.17, 15) is 5.11 Å². The van der Waals surface area contributed by atoms with Gasteiger partial charge in [0.15, 0.2) is 0 Å². The second kappa shape index (κ2) is 6.55. The molecule has 110 valence electrons. The Hall–Kier alpha value is -0.120. The Labute approximate surface area is 118 Å². The second-order valence-corrected chi connectivity index (χ2v) is 6.93. The molecule has 0 spiro atoms. The molecule has 1 saturated carbocycles. The summed E-state index contributed by atoms with van der Waals surface area (Å²) in [6.45, 7) is 6.41. The number of likely N-dealkylation sites (tertiary alicyclic amines) is 2. The van der Waals surface area contributed by atoms with Gasteiger partial charge in [0.05, 0.1) is 6.10 Å². The highest BCUT2D eigenvalue weighted by Crippen LogP contribution is 2.28. The van der Waals surface area contributed by atoms with Crippen molar-refractivity contribution in [1.29, 1.82) is 0 Å². The summed E-state index contributed by atoms with van der Waals surface area (Å²) in [5.41, 5.74) is 0. The Balaban J connectivity index is 1.46. The maximum atomic E-state index is 10.2. The Bertz CT molecular complexity index is 278. The molecule has 0 radical (unpaired) electrons. The second-order valence-electron chi connectivity index (χ2n) is 6.93. The van der Waals surface area contributed by atoms with Crippen molar-refractivity contribution in [1.82, 2.24) is 9.80 Å². The van der Waals surface area contributed by atoms with Gasteiger partial charge in [0.1, 0.15) is 0 Å². The van der Waals surface area contributed by atoms with E-state index in [1.54, 1.807) is 0 Å². The first-order valence-corrected chi connectivity index (χ1v) is 8.47. The molecule has 0 aromatic rings. The van der Waals surface area contributed by atoms with Crippen LogP contribution in [0.15, 0.2) is 0 Å². The van der Waals surface area contributed by atoms with Crippen LogP contribution >= 0.6 is 0 Å². The highest BCUT2D eigenvalue weighted by molar-refractivity contribution is 4.89. The molecule has 0 aromatic heterocycles. The van der Waals surface area contributed by atoms with Crippen molar-refractivity contribution in [3.05, 3.63) is 0 Å². The minimum atomic E-state index is -0.0533. The number of aliphatic hydroxyl groups excluding tert-OH is 1. The summed E-state index contributed by atoms with van der Waals surface area (Å²) in [6.07, 6.45) is 10.3. The molecule has 2 heterocycles. The molecule has 3 aliphatic rings. The van der Waals surface area contributed by atoms with Gasteiger partial charge < -0.3 is 10.0 Å². The van der Waals surface area contributed by atoms with Crippen molar-refractivity contribution in [2.24, 2.45) is 5.92 Å². The van der Waals surface area contributed by atoms with Crippen molar-refractivity contribution in [2.45, 2.75) is 63.5 Å². The molecular weight excluding hydrogens is 236 g/mol. The van der Waals surface area contributed by atoms with Crippen LogP contribution in [0.4, 0.5) is 0 Å². The molecule has 3 nitrogen and oxygen atoms in total. The van der Waals surface area contributed by atoms with Crippen LogP contribution in [-0.2, 0) is 0 Å². The summed E-state index contributed by atoms with van der Waals surface area (Å²) >= 11 is 0. The standard InChI is InChI=1S/C16H30N2O/c19-16-7-3-2-6-15(16)18-11-8-14(13-18)12-17-9-4-1-5-10-17/h14-16,19H,1-13H2. The van der Waals surface area contributed by atoms with E-state index in [1.807, 2.05) is 0 Å². The van der Waals surface area contributed by atoms with E-state index >= 15 is 0 Å². The number of aliphatic hydroxyl groups is 1. The average molecular weight is 266 g/mol. The molecule has 0 amide bonds. The van der Waals surface area contributed by atoms with Crippen LogP contribution in [0.5, 0.6) is 0 Å². The topological polar surface area (TPSA) is 26.7 Å². The monoisotopic (exact) mass is 266 g/mol. The van der Waals surface area contributed by atoms with Crippen LogP contribution in [0.1, 0.15) is 51.4 Å². The third-order valence-corrected chi connectivity index (χ3v) is 5.45. The van der Waals surface area contributed by atoms with E-state index in [0.29, 0.717) is 6.04 Å². The van der Waals surface area contributed by atoms with Gasteiger partial charge in [0, 0.05) is 19.1 Å². The van der Waals surface area contributed by atoms with Gasteiger partial charge in [-0.3, -0.25) is 4.90 Å². The number of hydrogen-bond acceptors (Lipinski definition) is 3. The van der Waals surface area contributed by atoms with Crippen molar-refractivity contribution in [3.63, 3.8) is 0 Å². The average Bonchev–Trinajstić information content (AvgIpc) is 2.89. The van der Waals surface area contributed by atoms with Crippen LogP contribution < -0.4 is 0 Å². The maximum absolute atomic E-state index is 10.2. The number of hydrogen-bond donors (Lipinski definition) is 1. The fourth-order valence-corrected chi connectivity index (χ4v) is 4.34. The lowest BCUT2D eigenvalue weighted by Crippen LogP contribution is -2.44. The quantitative estimate of drug-likeness (QED) is 0.847. The largest absolute Gasteiger partial charge is 0.391 e. The molecule has 2 saturated heterocycles. The Morgan fingerprint density at radius 3 is 2.42 bits per heavy atom. The SMILES string of the molecule is OC1CCCCC1N1CCC(CN2CCCCC2)C1. The molecule has 1 aliphatic carbocycles. The van der Waals surface area contributed by atoms with Crippen molar-refractivity contribution < 1.29 is 5.11 Å². The first-order valence-electron chi connectivity index (χ1n) is 8.47. The summed E-state index contributed by atoms with van der Waals surface area (Å²) in [5.74, 6) is 0.854. The zero-order valence-electron chi connectivity index (χ0n) is 12.3. The number of piperidine rings is 1. The fourth-order valence-electron chi connectivity index (χ4n) is 4.34. The summed E-state index contributed by atoms with van der Waals surface area (Å²) in [7, 11) is 0. The Morgan fingerprint density at radius 2 is 1.63 bits per heavy atom. The summed E-state index contributed by atoms with van der Waals surface area (Å²) in [6, 6.07) is 0.472. The molecule has 3 atom stereocenters. The van der Waals surface area contributed by atoms with Gasteiger partial charge in [-0.2, -0.15) is 0 Å². The van der Waals surface area contributed by atoms with E-state index in [2.05, 4.69) is 9.80 Å². The van der Waals surface area contributed by atoms with Crippen molar-refractivity contribution in [2.75, 3.05) is 32.7 Å². The zero-order valence-corrected chi connectivity index (χ0v) is 12.3. The third-order valence-electron chi connectivity index (χ3n) is 5.45. The van der Waals surface area contributed by atoms with Crippen molar-refractivity contribution >= 4 is 0 Å². The molecule has 1 N–H and O–H groups in total. The molecule has 3 heteroatoms. The van der Waals surface area contributed by atoms with E-state index in [-0.39, 0.29) is 6.10 Å². The molecule has 3 fully saturated rings. The lowest BCUT2D eigenvalue weighted by Gasteiger charge is -2.35. The van der Waals surface area contributed by atoms with Crippen LogP contribution in [0, 0.1) is 5.92 Å². The van der Waals surface area contributed by atoms with E-state index < -0.39 is 0 Å². The molecular formula is C16H30N2O. The first-order chi connectivity index (χ1) is 9.33. The summed E-state index contributed by atoms with van der Waals surface area (Å²) in [4.78, 5) is 5.27. The molecule has 0 aromatic carbocycles. The fraction of sp³-hybridized carbons (Fsp3) is 1.00. The minimum Gasteiger partial charge on any atom is -0.391 e. The lowest BCUT2D eigenvalue weighted by molar-refractivity contribution is 0.0285. The van der Waals surface area contributed by atoms with Gasteiger partial charge in [-0.25, -0.2) is 0 Å². The highest BCUT2D eigenvalue weighted by Gasteiger charge is 2.34. The lowest BCUT2D eigenvalue weighted by atomic mass is 9.91. The van der Waals surface area contributed by atoms with E-state index in [0.717, 1.165) is 12.3 Å². The predicted octanol–water partition coefficient (Wildman–Crippen LogP) is 2.10. The van der Waals surface area contributed by atoms with Crippen LogP contribution in [-0.4, -0.2) is 59.8 Å². The van der Waals surface area contributed by atoms with E-state index in [4.69, 9.17) is 0 Å². The van der Waals surface area contributed by atoms with Crippen LogP contribution in [0.2, 0.25) is 0 Å². The van der Waals surface area contributed by atoms with Gasteiger partial charge in [-0.05, 0) is 57.7 Å². The number of nitrogens with zero attached hydrogens (tertiary/aromatic N) is 2. The molecule has 19 heavy (non-hydrogen) atoms. The summed E-state index contributed by atoms with van der Waals surface area (Å²) < 4.78 is 0. The normalized spacial score (nSPS) is 38.7. The molecule has 2 aliphatic heterocycles. The third kappa shape index (κ3) is 3.50. The molecule has 0 bridgehead atoms. The van der Waals surface area contributed by atoms with Crippen LogP contribution in [0.25, 0.3) is 0 Å². The molecule has 3 unspecified atom stereocenters. The Morgan fingerprint density at radius 1 is 0.842 bits per heavy atom. The van der Waals surface area contributed by atoms with Gasteiger partial charge in [0.2, 0.25) is 0 Å². The van der Waals surface area contributed by atoms with Crippen LogP contribution in [0.3, 0.4) is 0 Å². The minimum absolute atomic E-state index is 0.0533. The van der Waals surface area contributed by atoms with Gasteiger partial charge in [0.25, 0.3) is 0 Å². The van der Waals surface area contributed by atoms with Crippen molar-refractivity contribution in [3.8, 4) is 0 Å². The van der Waals surface area contributed by atoms with Gasteiger partial charge in [-0.1, -0.05) is 19.3 Å². The summed E-state index contributed by atoms with van der Waals surface area (Å²) in [5, 5.41) is 10.2. The highest BCUT2D eigenvalue weighted by atomic mass is 16.3. The maximum Gasteiger partial charge on any atom is 0.0695 e. The Kier molecular flexibility index (Phi) is 4.78. The zero-order chi connectivity index (χ0) is 13.1. The number of rotatable bonds is 3. The van der Waals surface area contributed by atoms with E-state index in [1.165, 1.54) is 77.7 Å². The van der Waals surface area contributed by atoms with Gasteiger partial charge in [-0.15, -0.1) is 0 Å². The smallest absolute Gasteiger partial charge is 0.0695 e. The van der Waals surface area contributed by atoms with Gasteiger partial charge >= 0.3 is 0 Å².